The van der Waals surface area contributed by atoms with Crippen LogP contribution in [0.5, 0.6) is 0 Å². The molecule has 0 aliphatic carbocycles. The zero-order valence-corrected chi connectivity index (χ0v) is 12.3. The molecule has 0 amide bonds. The Morgan fingerprint density at radius 3 is 2.80 bits per heavy atom. The summed E-state index contributed by atoms with van der Waals surface area (Å²) in [5.41, 5.74) is 8.50. The molecule has 3 rings (SSSR count). The predicted molar refractivity (Wildman–Crippen MR) is 83.2 cm³/mol. The van der Waals surface area contributed by atoms with Crippen LogP contribution in [0.15, 0.2) is 24.4 Å². The molecule has 1 fully saturated rings. The minimum absolute atomic E-state index is 0.207. The van der Waals surface area contributed by atoms with E-state index in [-0.39, 0.29) is 6.04 Å². The van der Waals surface area contributed by atoms with E-state index in [1.807, 2.05) is 6.07 Å². The van der Waals surface area contributed by atoms with Gasteiger partial charge in [-0.25, -0.2) is 4.98 Å². The molecule has 4 nitrogen and oxygen atoms in total. The van der Waals surface area contributed by atoms with Gasteiger partial charge in [-0.05, 0) is 37.8 Å². The Hall–Kier alpha value is -1.55. The van der Waals surface area contributed by atoms with Crippen LogP contribution in [0.3, 0.4) is 0 Å². The Bertz CT molecular complexity index is 569. The van der Waals surface area contributed by atoms with Crippen LogP contribution in [0.2, 0.25) is 0 Å². The lowest BCUT2D eigenvalue weighted by Crippen LogP contribution is -2.31. The fourth-order valence-corrected chi connectivity index (χ4v) is 2.98. The second kappa shape index (κ2) is 5.83. The molecule has 3 heterocycles. The Morgan fingerprint density at radius 2 is 2.05 bits per heavy atom. The molecule has 1 saturated heterocycles. The van der Waals surface area contributed by atoms with E-state index in [0.717, 1.165) is 37.4 Å². The molecule has 4 heteroatoms. The maximum atomic E-state index is 6.19. The molecule has 0 radical (unpaired) electrons. The van der Waals surface area contributed by atoms with Gasteiger partial charge in [-0.1, -0.05) is 13.0 Å². The minimum atomic E-state index is 0.207. The van der Waals surface area contributed by atoms with E-state index in [1.54, 1.807) is 0 Å². The third-order valence-corrected chi connectivity index (χ3v) is 4.24. The summed E-state index contributed by atoms with van der Waals surface area (Å²) in [6.07, 6.45) is 7.88. The van der Waals surface area contributed by atoms with Crippen LogP contribution in [0.25, 0.3) is 5.65 Å². The van der Waals surface area contributed by atoms with Crippen LogP contribution in [-0.4, -0.2) is 28.5 Å². The molecule has 1 aliphatic rings. The van der Waals surface area contributed by atoms with Crippen molar-refractivity contribution >= 4 is 11.5 Å². The fraction of sp³-hybridized carbons (Fsp3) is 0.562. The van der Waals surface area contributed by atoms with E-state index < -0.39 is 0 Å². The first-order chi connectivity index (χ1) is 9.79. The fourth-order valence-electron chi connectivity index (χ4n) is 2.98. The quantitative estimate of drug-likeness (QED) is 0.930. The molecule has 0 bridgehead atoms. The van der Waals surface area contributed by atoms with E-state index >= 15 is 0 Å². The zero-order chi connectivity index (χ0) is 13.9. The van der Waals surface area contributed by atoms with Crippen molar-refractivity contribution in [2.24, 2.45) is 5.73 Å². The maximum absolute atomic E-state index is 6.19. The number of imidazole rings is 1. The van der Waals surface area contributed by atoms with Gasteiger partial charge in [-0.3, -0.25) is 0 Å². The lowest BCUT2D eigenvalue weighted by molar-refractivity contribution is 0.568. The van der Waals surface area contributed by atoms with Gasteiger partial charge in [0.25, 0.3) is 0 Å². The highest BCUT2D eigenvalue weighted by Gasteiger charge is 2.20. The highest BCUT2D eigenvalue weighted by atomic mass is 15.2. The topological polar surface area (TPSA) is 46.6 Å². The molecule has 0 saturated carbocycles. The van der Waals surface area contributed by atoms with Crippen molar-refractivity contribution in [3.8, 4) is 0 Å². The first-order valence-electron chi connectivity index (χ1n) is 7.76. The van der Waals surface area contributed by atoms with E-state index in [9.17, 15) is 0 Å². The molecule has 2 aromatic rings. The average Bonchev–Trinajstić information content (AvgIpc) is 2.87. The predicted octanol–water partition coefficient (Wildman–Crippen LogP) is 2.60. The number of anilines is 1. The van der Waals surface area contributed by atoms with E-state index in [4.69, 9.17) is 10.7 Å². The molecule has 1 unspecified atom stereocenters. The normalized spacial score (nSPS) is 17.6. The molecule has 0 aromatic carbocycles. The third-order valence-electron chi connectivity index (χ3n) is 4.24. The lowest BCUT2D eigenvalue weighted by atomic mass is 10.1. The van der Waals surface area contributed by atoms with Crippen LogP contribution in [-0.2, 0) is 6.42 Å². The van der Waals surface area contributed by atoms with Crippen LogP contribution < -0.4 is 10.6 Å². The molecular weight excluding hydrogens is 248 g/mol. The number of nitrogens with two attached hydrogens (primary N) is 1. The number of rotatable bonds is 4. The van der Waals surface area contributed by atoms with Crippen LogP contribution >= 0.6 is 0 Å². The van der Waals surface area contributed by atoms with Crippen molar-refractivity contribution in [2.75, 3.05) is 18.0 Å². The molecule has 20 heavy (non-hydrogen) atoms. The smallest absolute Gasteiger partial charge is 0.151 e. The van der Waals surface area contributed by atoms with Crippen LogP contribution in [0.4, 0.5) is 5.82 Å². The van der Waals surface area contributed by atoms with Crippen molar-refractivity contribution in [1.29, 1.82) is 0 Å². The van der Waals surface area contributed by atoms with Gasteiger partial charge in [0.1, 0.15) is 5.65 Å². The highest BCUT2D eigenvalue weighted by Crippen LogP contribution is 2.26. The Balaban J connectivity index is 2.02. The van der Waals surface area contributed by atoms with Crippen molar-refractivity contribution < 1.29 is 0 Å². The van der Waals surface area contributed by atoms with Crippen molar-refractivity contribution in [1.82, 2.24) is 9.38 Å². The zero-order valence-electron chi connectivity index (χ0n) is 12.3. The third kappa shape index (κ3) is 2.52. The standard InChI is InChI=1S/C16H24N4/c1-2-13(17)12-14-16(19-9-5-3-6-10-19)18-15-8-4-7-11-20(14)15/h4,7-8,11,13H,2-3,5-6,9-10,12,17H2,1H3. The van der Waals surface area contributed by atoms with E-state index in [1.165, 1.54) is 25.0 Å². The lowest BCUT2D eigenvalue weighted by Gasteiger charge is -2.28. The monoisotopic (exact) mass is 272 g/mol. The molecule has 108 valence electrons. The van der Waals surface area contributed by atoms with Gasteiger partial charge in [0, 0.05) is 31.7 Å². The number of piperidine rings is 1. The van der Waals surface area contributed by atoms with E-state index in [0.29, 0.717) is 0 Å². The second-order valence-electron chi connectivity index (χ2n) is 5.73. The van der Waals surface area contributed by atoms with Gasteiger partial charge < -0.3 is 15.0 Å². The van der Waals surface area contributed by atoms with Gasteiger partial charge in [-0.15, -0.1) is 0 Å². The van der Waals surface area contributed by atoms with Crippen molar-refractivity contribution in [3.63, 3.8) is 0 Å². The highest BCUT2D eigenvalue weighted by molar-refractivity contribution is 5.56. The average molecular weight is 272 g/mol. The number of fused-ring (bicyclic) bond motifs is 1. The van der Waals surface area contributed by atoms with Crippen molar-refractivity contribution in [2.45, 2.75) is 45.1 Å². The molecule has 1 aliphatic heterocycles. The Kier molecular flexibility index (Phi) is 3.92. The Morgan fingerprint density at radius 1 is 1.25 bits per heavy atom. The number of hydrogen-bond donors (Lipinski definition) is 1. The maximum Gasteiger partial charge on any atom is 0.151 e. The summed E-state index contributed by atoms with van der Waals surface area (Å²) in [4.78, 5) is 7.30. The second-order valence-corrected chi connectivity index (χ2v) is 5.73. The molecule has 1 atom stereocenters. The molecule has 2 N–H and O–H groups in total. The Labute approximate surface area is 120 Å². The SMILES string of the molecule is CCC(N)Cc1c(N2CCCCC2)nc2ccccn12. The van der Waals surface area contributed by atoms with Crippen molar-refractivity contribution in [3.05, 3.63) is 30.1 Å². The summed E-state index contributed by atoms with van der Waals surface area (Å²) < 4.78 is 2.21. The first-order valence-corrected chi connectivity index (χ1v) is 7.76. The van der Waals surface area contributed by atoms with E-state index in [2.05, 4.69) is 34.6 Å². The summed E-state index contributed by atoms with van der Waals surface area (Å²) >= 11 is 0. The first kappa shape index (κ1) is 13.4. The number of pyridine rings is 1. The summed E-state index contributed by atoms with van der Waals surface area (Å²) in [5.74, 6) is 1.15. The van der Waals surface area contributed by atoms with Gasteiger partial charge in [0.15, 0.2) is 5.82 Å². The van der Waals surface area contributed by atoms with Crippen LogP contribution in [0.1, 0.15) is 38.3 Å². The van der Waals surface area contributed by atoms with Crippen LogP contribution in [0, 0.1) is 0 Å². The molecule has 0 spiro atoms. The minimum Gasteiger partial charge on any atom is -0.355 e. The largest absolute Gasteiger partial charge is 0.355 e. The van der Waals surface area contributed by atoms with Gasteiger partial charge >= 0.3 is 0 Å². The summed E-state index contributed by atoms with van der Waals surface area (Å²) in [7, 11) is 0. The summed E-state index contributed by atoms with van der Waals surface area (Å²) in [6.45, 7) is 4.39. The van der Waals surface area contributed by atoms with Gasteiger partial charge in [0.2, 0.25) is 0 Å². The number of aromatic nitrogens is 2. The number of nitrogens with zero attached hydrogens (tertiary/aromatic N) is 3. The molecule has 2 aromatic heterocycles. The van der Waals surface area contributed by atoms with Gasteiger partial charge in [-0.2, -0.15) is 0 Å². The number of hydrogen-bond acceptors (Lipinski definition) is 3. The molecular formula is C16H24N4. The summed E-state index contributed by atoms with van der Waals surface area (Å²) in [5, 5.41) is 0. The summed E-state index contributed by atoms with van der Waals surface area (Å²) in [6, 6.07) is 6.40. The van der Waals surface area contributed by atoms with Gasteiger partial charge in [0.05, 0.1) is 5.69 Å².